The minimum atomic E-state index is -0.744. The summed E-state index contributed by atoms with van der Waals surface area (Å²) in [5, 5.41) is 3.01. The summed E-state index contributed by atoms with van der Waals surface area (Å²) in [7, 11) is 0. The van der Waals surface area contributed by atoms with Crippen molar-refractivity contribution in [1.29, 1.82) is 0 Å². The molecule has 0 radical (unpaired) electrons. The number of amides is 1. The topological polar surface area (TPSA) is 114 Å². The summed E-state index contributed by atoms with van der Waals surface area (Å²) in [6, 6.07) is 17.6. The molecule has 42 heavy (non-hydrogen) atoms. The highest BCUT2D eigenvalue weighted by Gasteiger charge is 2.35. The van der Waals surface area contributed by atoms with Crippen molar-refractivity contribution in [3.63, 3.8) is 0 Å². The smallest absolute Gasteiger partial charge is 0.226 e. The molecule has 11 heteroatoms. The van der Waals surface area contributed by atoms with Gasteiger partial charge < -0.3 is 29.4 Å². The maximum atomic E-state index is 13.7. The van der Waals surface area contributed by atoms with Gasteiger partial charge in [0, 0.05) is 36.8 Å². The van der Waals surface area contributed by atoms with Crippen molar-refractivity contribution < 1.29 is 23.4 Å². The average Bonchev–Trinajstić information content (AvgIpc) is 3.47. The predicted octanol–water partition coefficient (Wildman–Crippen LogP) is 3.92. The summed E-state index contributed by atoms with van der Waals surface area (Å²) < 4.78 is 31.5. The number of hydrogen-bond acceptors (Lipinski definition) is 8. The molecule has 2 aliphatic rings. The molecule has 2 fully saturated rings. The van der Waals surface area contributed by atoms with Gasteiger partial charge in [-0.1, -0.05) is 37.3 Å². The number of nitrogens with one attached hydrogen (secondary N) is 2. The van der Waals surface area contributed by atoms with Crippen molar-refractivity contribution in [1.82, 2.24) is 25.3 Å². The Morgan fingerprint density at radius 2 is 1.79 bits per heavy atom. The molecule has 10 nitrogen and oxygen atoms in total. The number of rotatable bonds is 8. The second-order valence-electron chi connectivity index (χ2n) is 10.9. The van der Waals surface area contributed by atoms with Crippen molar-refractivity contribution in [2.24, 2.45) is 5.41 Å². The zero-order chi connectivity index (χ0) is 28.9. The Kier molecular flexibility index (Phi) is 8.22. The lowest BCUT2D eigenvalue weighted by Gasteiger charge is -2.36. The van der Waals surface area contributed by atoms with E-state index in [1.807, 2.05) is 43.3 Å². The van der Waals surface area contributed by atoms with Gasteiger partial charge in [0.2, 0.25) is 18.1 Å². The van der Waals surface area contributed by atoms with Gasteiger partial charge in [-0.05, 0) is 35.9 Å². The molecule has 0 bridgehead atoms. The van der Waals surface area contributed by atoms with Crippen molar-refractivity contribution in [3.8, 4) is 22.6 Å². The van der Waals surface area contributed by atoms with E-state index in [-0.39, 0.29) is 11.7 Å². The van der Waals surface area contributed by atoms with Gasteiger partial charge in [0.05, 0.1) is 49.9 Å². The molecular weight excluding hydrogens is 539 g/mol. The van der Waals surface area contributed by atoms with Crippen LogP contribution in [-0.2, 0) is 25.4 Å². The maximum Gasteiger partial charge on any atom is 0.226 e. The number of imidazole rings is 1. The Hall–Kier alpha value is -4.19. The van der Waals surface area contributed by atoms with E-state index in [2.05, 4.69) is 20.2 Å². The van der Waals surface area contributed by atoms with Crippen LogP contribution in [0.25, 0.3) is 22.6 Å². The molecule has 6 rings (SSSR count). The van der Waals surface area contributed by atoms with Crippen LogP contribution < -0.4 is 10.2 Å². The summed E-state index contributed by atoms with van der Waals surface area (Å²) in [6.07, 6.45) is 1.29. The predicted molar refractivity (Wildman–Crippen MR) is 154 cm³/mol. The zero-order valence-corrected chi connectivity index (χ0v) is 23.4. The first-order valence-corrected chi connectivity index (χ1v) is 14.0. The third-order valence-corrected chi connectivity index (χ3v) is 7.34. The van der Waals surface area contributed by atoms with Gasteiger partial charge >= 0.3 is 0 Å². The molecule has 2 saturated heterocycles. The van der Waals surface area contributed by atoms with Gasteiger partial charge in [-0.3, -0.25) is 4.79 Å². The number of aromatic nitrogens is 4. The molecule has 2 aromatic carbocycles. The number of aromatic amines is 1. The molecular formula is C31H33FN6O4. The second-order valence-corrected chi connectivity index (χ2v) is 10.9. The summed E-state index contributed by atoms with van der Waals surface area (Å²) in [6.45, 7) is 5.80. The minimum absolute atomic E-state index is 0.0505. The number of ether oxygens (including phenoxy) is 3. The highest BCUT2D eigenvalue weighted by Crippen LogP contribution is 2.35. The van der Waals surface area contributed by atoms with Gasteiger partial charge in [-0.2, -0.15) is 0 Å². The van der Waals surface area contributed by atoms with Gasteiger partial charge in [0.25, 0.3) is 0 Å². The lowest BCUT2D eigenvalue weighted by atomic mass is 9.92. The molecule has 218 valence electrons. The van der Waals surface area contributed by atoms with Crippen molar-refractivity contribution in [3.05, 3.63) is 84.1 Å². The molecule has 2 aromatic heterocycles. The number of morpholine rings is 1. The van der Waals surface area contributed by atoms with E-state index in [1.54, 1.807) is 18.3 Å². The Balaban J connectivity index is 1.18. The maximum absolute atomic E-state index is 13.7. The number of carbonyl (C=O) groups is 1. The van der Waals surface area contributed by atoms with Gasteiger partial charge in [-0.25, -0.2) is 19.3 Å². The van der Waals surface area contributed by atoms with E-state index in [1.165, 1.54) is 12.1 Å². The average molecular weight is 573 g/mol. The normalized spacial score (nSPS) is 20.8. The third-order valence-electron chi connectivity index (χ3n) is 7.34. The summed E-state index contributed by atoms with van der Waals surface area (Å²) in [5.41, 5.74) is 3.18. The summed E-state index contributed by atoms with van der Waals surface area (Å²) >= 11 is 0. The van der Waals surface area contributed by atoms with E-state index < -0.39 is 11.7 Å². The fourth-order valence-electron chi connectivity index (χ4n) is 4.97. The number of carbonyl (C=O) groups excluding carboxylic acids is 1. The Morgan fingerprint density at radius 1 is 1.05 bits per heavy atom. The van der Waals surface area contributed by atoms with E-state index in [0.29, 0.717) is 81.3 Å². The SMILES string of the molecule is CC1(CNC(=O)Cc2ccccc2)COC(c2nc(-c3ccc(F)cc3)c(-c3ccnc(N4CCOCC4)n3)[nH]2)OC1. The molecule has 1 amide bonds. The fourth-order valence-corrected chi connectivity index (χ4v) is 4.97. The summed E-state index contributed by atoms with van der Waals surface area (Å²) in [4.78, 5) is 32.0. The zero-order valence-electron chi connectivity index (χ0n) is 23.4. The number of halogens is 1. The monoisotopic (exact) mass is 572 g/mol. The first kappa shape index (κ1) is 28.0. The molecule has 0 atom stereocenters. The third kappa shape index (κ3) is 6.48. The quantitative estimate of drug-likeness (QED) is 0.327. The van der Waals surface area contributed by atoms with Crippen LogP contribution in [0.3, 0.4) is 0 Å². The lowest BCUT2D eigenvalue weighted by molar-refractivity contribution is -0.232. The molecule has 0 spiro atoms. The van der Waals surface area contributed by atoms with Crippen LogP contribution in [-0.4, -0.2) is 71.9 Å². The van der Waals surface area contributed by atoms with Crippen LogP contribution in [0.15, 0.2) is 66.9 Å². The molecule has 2 N–H and O–H groups in total. The number of anilines is 1. The van der Waals surface area contributed by atoms with Crippen molar-refractivity contribution in [2.45, 2.75) is 19.6 Å². The van der Waals surface area contributed by atoms with Crippen LogP contribution in [0, 0.1) is 11.2 Å². The standard InChI is InChI=1S/C31H33FN6O4/c1-31(18-34-25(39)17-21-5-3-2-4-6-21)19-41-29(42-20-31)28-36-26(22-7-9-23(32)10-8-22)27(37-28)24-11-12-33-30(35-24)38-13-15-40-16-14-38/h2-12,29H,13-20H2,1H3,(H,34,39)(H,36,37). The largest absolute Gasteiger partial charge is 0.378 e. The Morgan fingerprint density at radius 3 is 2.52 bits per heavy atom. The van der Waals surface area contributed by atoms with Crippen LogP contribution in [0.5, 0.6) is 0 Å². The first-order chi connectivity index (χ1) is 20.5. The highest BCUT2D eigenvalue weighted by atomic mass is 19.1. The Labute approximate surface area is 243 Å². The number of benzene rings is 2. The molecule has 4 aromatic rings. The van der Waals surface area contributed by atoms with Gasteiger partial charge in [0.1, 0.15) is 5.82 Å². The van der Waals surface area contributed by atoms with E-state index in [4.69, 9.17) is 24.2 Å². The molecule has 0 aliphatic carbocycles. The first-order valence-electron chi connectivity index (χ1n) is 14.0. The van der Waals surface area contributed by atoms with Gasteiger partial charge in [0.15, 0.2) is 5.82 Å². The molecule has 0 saturated carbocycles. The van der Waals surface area contributed by atoms with Crippen LogP contribution >= 0.6 is 0 Å². The Bertz CT molecular complexity index is 1500. The lowest BCUT2D eigenvalue weighted by Crippen LogP contribution is -2.45. The number of H-pyrrole nitrogens is 1. The minimum Gasteiger partial charge on any atom is -0.378 e. The van der Waals surface area contributed by atoms with E-state index >= 15 is 0 Å². The molecule has 4 heterocycles. The highest BCUT2D eigenvalue weighted by molar-refractivity contribution is 5.78. The van der Waals surface area contributed by atoms with E-state index in [9.17, 15) is 9.18 Å². The van der Waals surface area contributed by atoms with Crippen LogP contribution in [0.2, 0.25) is 0 Å². The van der Waals surface area contributed by atoms with Crippen molar-refractivity contribution in [2.75, 3.05) is 51.0 Å². The van der Waals surface area contributed by atoms with Crippen molar-refractivity contribution >= 4 is 11.9 Å². The molecule has 2 aliphatic heterocycles. The van der Waals surface area contributed by atoms with Crippen LogP contribution in [0.1, 0.15) is 24.6 Å². The number of hydrogen-bond donors (Lipinski definition) is 2. The van der Waals surface area contributed by atoms with Crippen LogP contribution in [0.4, 0.5) is 10.3 Å². The summed E-state index contributed by atoms with van der Waals surface area (Å²) in [5.74, 6) is 0.700. The van der Waals surface area contributed by atoms with E-state index in [0.717, 1.165) is 11.1 Å². The second kappa shape index (κ2) is 12.4. The number of nitrogens with zero attached hydrogens (tertiary/aromatic N) is 4. The van der Waals surface area contributed by atoms with Gasteiger partial charge in [-0.15, -0.1) is 0 Å². The molecule has 0 unspecified atom stereocenters. The fraction of sp³-hybridized carbons (Fsp3) is 0.355.